The highest BCUT2D eigenvalue weighted by molar-refractivity contribution is 6.55. The van der Waals surface area contributed by atoms with Crippen LogP contribution in [0.1, 0.15) is 33.5 Å². The van der Waals surface area contributed by atoms with E-state index in [2.05, 4.69) is 10.2 Å². The molecule has 2 fully saturated rings. The van der Waals surface area contributed by atoms with Gasteiger partial charge in [-0.3, -0.25) is 4.90 Å². The van der Waals surface area contributed by atoms with Gasteiger partial charge in [-0.1, -0.05) is 0 Å². The highest BCUT2D eigenvalue weighted by atomic mass is 19.1. The van der Waals surface area contributed by atoms with Crippen molar-refractivity contribution in [3.05, 3.63) is 29.9 Å². The van der Waals surface area contributed by atoms with E-state index in [0.29, 0.717) is 17.9 Å². The van der Waals surface area contributed by atoms with Gasteiger partial charge >= 0.3 is 7.12 Å². The van der Waals surface area contributed by atoms with Gasteiger partial charge in [-0.2, -0.15) is 0 Å². The number of halogens is 1. The van der Waals surface area contributed by atoms with Crippen molar-refractivity contribution in [2.45, 2.75) is 38.9 Å². The average molecular weight is 336 g/mol. The largest absolute Gasteiger partial charge is 0.525 e. The van der Waals surface area contributed by atoms with Crippen LogP contribution in [-0.2, 0) is 9.31 Å². The maximum Gasteiger partial charge on any atom is 0.525 e. The number of nitrogens with zero attached hydrogens (tertiary/aromatic N) is 1. The lowest BCUT2D eigenvalue weighted by Gasteiger charge is -2.32. The zero-order valence-electron chi connectivity index (χ0n) is 14.9. The second-order valence-corrected chi connectivity index (χ2v) is 7.42. The minimum absolute atomic E-state index is 0.401. The molecule has 3 heterocycles. The molecular weight excluding hydrogens is 310 g/mol. The van der Waals surface area contributed by atoms with Crippen LogP contribution in [0.2, 0.25) is 0 Å². The zero-order valence-corrected chi connectivity index (χ0v) is 14.9. The van der Waals surface area contributed by atoms with Crippen LogP contribution < -0.4 is 5.32 Å². The van der Waals surface area contributed by atoms with E-state index in [-0.39, 0.29) is 0 Å². The van der Waals surface area contributed by atoms with E-state index in [9.17, 15) is 0 Å². The minimum atomic E-state index is -1.00. The third kappa shape index (κ3) is 3.44. The average Bonchev–Trinajstić information content (AvgIpc) is 3.12. The van der Waals surface area contributed by atoms with Gasteiger partial charge in [0.05, 0.1) is 17.5 Å². The molecule has 0 saturated carbocycles. The second kappa shape index (κ2) is 6.63. The van der Waals surface area contributed by atoms with E-state index < -0.39 is 24.0 Å². The van der Waals surface area contributed by atoms with E-state index in [1.165, 1.54) is 0 Å². The Kier molecular flexibility index (Phi) is 4.88. The maximum atomic E-state index is 15.3. The summed E-state index contributed by atoms with van der Waals surface area (Å²) >= 11 is 0. The molecule has 2 saturated heterocycles. The van der Waals surface area contributed by atoms with E-state index in [1.807, 2.05) is 27.7 Å². The Morgan fingerprint density at radius 1 is 1.21 bits per heavy atom. The molecule has 0 radical (unpaired) electrons. The summed E-state index contributed by atoms with van der Waals surface area (Å²) in [6.45, 7) is 11.7. The van der Waals surface area contributed by atoms with E-state index in [0.717, 1.165) is 26.2 Å². The molecule has 2 aliphatic rings. The number of nitrogens with one attached hydrogen (secondary N) is 1. The van der Waals surface area contributed by atoms with Crippen LogP contribution in [0.4, 0.5) is 4.39 Å². The van der Waals surface area contributed by atoms with Crippen LogP contribution in [0, 0.1) is 0 Å². The summed E-state index contributed by atoms with van der Waals surface area (Å²) in [5.41, 5.74) is -1.04. The highest BCUT2D eigenvalue weighted by Crippen LogP contribution is 2.40. The number of hydrogen-bond acceptors (Lipinski definition) is 5. The third-order valence-corrected chi connectivity index (χ3v) is 5.16. The summed E-state index contributed by atoms with van der Waals surface area (Å²) in [6.07, 6.45) is 1.56. The van der Waals surface area contributed by atoms with Gasteiger partial charge in [-0.15, -0.1) is 0 Å². The van der Waals surface area contributed by atoms with Gasteiger partial charge in [0.1, 0.15) is 11.5 Å². The Morgan fingerprint density at radius 3 is 2.38 bits per heavy atom. The fourth-order valence-electron chi connectivity index (χ4n) is 2.90. The van der Waals surface area contributed by atoms with Gasteiger partial charge in [0.15, 0.2) is 0 Å². The first-order valence-corrected chi connectivity index (χ1v) is 8.51. The van der Waals surface area contributed by atoms with E-state index in [1.54, 1.807) is 18.4 Å². The van der Waals surface area contributed by atoms with Crippen molar-refractivity contribution in [1.82, 2.24) is 10.2 Å². The summed E-state index contributed by atoms with van der Waals surface area (Å²) in [5, 5.41) is 3.30. The van der Waals surface area contributed by atoms with Crippen molar-refractivity contribution in [1.29, 1.82) is 0 Å². The molecule has 0 aromatic carbocycles. The molecule has 0 bridgehead atoms. The quantitative estimate of drug-likeness (QED) is 0.856. The molecule has 0 aliphatic carbocycles. The minimum Gasteiger partial charge on any atom is -0.465 e. The molecule has 1 aromatic rings. The molecular formula is C17H26BFN2O3. The summed E-state index contributed by atoms with van der Waals surface area (Å²) in [5.74, 6) is 0.528. The lowest BCUT2D eigenvalue weighted by atomic mass is 9.83. The van der Waals surface area contributed by atoms with Crippen molar-refractivity contribution in [2.24, 2.45) is 0 Å². The molecule has 2 aliphatic heterocycles. The van der Waals surface area contributed by atoms with Gasteiger partial charge in [0.2, 0.25) is 0 Å². The molecule has 24 heavy (non-hydrogen) atoms. The molecule has 0 unspecified atom stereocenters. The van der Waals surface area contributed by atoms with E-state index in [4.69, 9.17) is 13.7 Å². The normalized spacial score (nSPS) is 25.0. The number of rotatable bonds is 4. The second-order valence-electron chi connectivity index (χ2n) is 7.42. The van der Waals surface area contributed by atoms with Gasteiger partial charge in [-0.05, 0) is 39.8 Å². The van der Waals surface area contributed by atoms with Crippen molar-refractivity contribution in [3.63, 3.8) is 0 Å². The van der Waals surface area contributed by atoms with Gasteiger partial charge in [-0.25, -0.2) is 4.39 Å². The molecule has 1 aromatic heterocycles. The van der Waals surface area contributed by atoms with Crippen molar-refractivity contribution >= 4 is 12.7 Å². The van der Waals surface area contributed by atoms with Crippen molar-refractivity contribution in [3.8, 4) is 0 Å². The lowest BCUT2D eigenvalue weighted by molar-refractivity contribution is 0.00578. The van der Waals surface area contributed by atoms with Crippen LogP contribution >= 0.6 is 0 Å². The maximum absolute atomic E-state index is 15.3. The molecule has 7 heteroatoms. The van der Waals surface area contributed by atoms with E-state index >= 15 is 4.39 Å². The third-order valence-electron chi connectivity index (χ3n) is 5.16. The molecule has 132 valence electrons. The SMILES string of the molecule is CC1(C)OB(C(F)=C(CN2CCNCC2)c2ccco2)OC1(C)C. The summed E-state index contributed by atoms with van der Waals surface area (Å²) in [4.78, 5) is 2.21. The number of furan rings is 1. The Morgan fingerprint density at radius 2 is 1.83 bits per heavy atom. The standard InChI is InChI=1S/C17H26BFN2O3/c1-16(2)17(3,4)24-18(23-16)15(19)13(14-6-5-11-22-14)12-21-9-7-20-8-10-21/h5-6,11,20H,7-10,12H2,1-4H3. The molecule has 0 atom stereocenters. The Bertz CT molecular complexity index is 579. The predicted molar refractivity (Wildman–Crippen MR) is 92.1 cm³/mol. The van der Waals surface area contributed by atoms with Crippen molar-refractivity contribution in [2.75, 3.05) is 32.7 Å². The van der Waals surface area contributed by atoms with Crippen LogP contribution in [0.3, 0.4) is 0 Å². The highest BCUT2D eigenvalue weighted by Gasteiger charge is 2.53. The number of hydrogen-bond donors (Lipinski definition) is 1. The zero-order chi connectivity index (χ0) is 17.4. The van der Waals surface area contributed by atoms with Crippen LogP contribution in [-0.4, -0.2) is 55.9 Å². The van der Waals surface area contributed by atoms with Crippen LogP contribution in [0.15, 0.2) is 28.5 Å². The summed E-state index contributed by atoms with van der Waals surface area (Å²) in [7, 11) is -1.00. The predicted octanol–water partition coefficient (Wildman–Crippen LogP) is 2.50. The topological polar surface area (TPSA) is 46.9 Å². The Labute approximate surface area is 143 Å². The first kappa shape index (κ1) is 17.7. The number of piperazine rings is 1. The smallest absolute Gasteiger partial charge is 0.465 e. The van der Waals surface area contributed by atoms with Crippen LogP contribution in [0.5, 0.6) is 0 Å². The first-order valence-electron chi connectivity index (χ1n) is 8.51. The summed E-state index contributed by atoms with van der Waals surface area (Å²) in [6, 6.07) is 3.55. The van der Waals surface area contributed by atoms with Gasteiger partial charge in [0.25, 0.3) is 0 Å². The van der Waals surface area contributed by atoms with Gasteiger partial charge < -0.3 is 19.0 Å². The van der Waals surface area contributed by atoms with Crippen LogP contribution in [0.25, 0.3) is 5.57 Å². The Balaban J connectivity index is 1.87. The Hall–Kier alpha value is -1.15. The van der Waals surface area contributed by atoms with Crippen molar-refractivity contribution < 1.29 is 18.1 Å². The molecule has 5 nitrogen and oxygen atoms in total. The molecule has 0 amide bonds. The molecule has 0 spiro atoms. The fraction of sp³-hybridized carbons (Fsp3) is 0.647. The molecule has 1 N–H and O–H groups in total. The fourth-order valence-corrected chi connectivity index (χ4v) is 2.90. The summed E-state index contributed by atoms with van der Waals surface area (Å²) < 4.78 is 32.5. The molecule has 3 rings (SSSR count). The van der Waals surface area contributed by atoms with Gasteiger partial charge in [0, 0.05) is 38.3 Å². The first-order chi connectivity index (χ1) is 11.3. The monoisotopic (exact) mass is 336 g/mol. The lowest BCUT2D eigenvalue weighted by Crippen LogP contribution is -2.44.